The topological polar surface area (TPSA) is 78.5 Å². The summed E-state index contributed by atoms with van der Waals surface area (Å²) < 4.78 is 6.73. The van der Waals surface area contributed by atoms with Crippen LogP contribution in [0, 0.1) is 5.92 Å². The van der Waals surface area contributed by atoms with Crippen molar-refractivity contribution < 1.29 is 9.53 Å². The summed E-state index contributed by atoms with van der Waals surface area (Å²) in [6.45, 7) is 12.9. The van der Waals surface area contributed by atoms with Gasteiger partial charge in [0.25, 0.3) is 0 Å². The summed E-state index contributed by atoms with van der Waals surface area (Å²) in [7, 11) is 0. The lowest BCUT2D eigenvalue weighted by molar-refractivity contribution is -0.121. The Balaban J connectivity index is 1.08. The maximum Gasteiger partial charge on any atom is 0.220 e. The van der Waals surface area contributed by atoms with E-state index in [0.29, 0.717) is 24.3 Å². The third-order valence-corrected chi connectivity index (χ3v) is 9.60. The van der Waals surface area contributed by atoms with Crippen LogP contribution in [0.15, 0.2) is 18.2 Å². The number of thiazole rings is 1. The number of morpholine rings is 1. The number of carbonyl (C=O) groups is 1. The van der Waals surface area contributed by atoms with Crippen LogP contribution in [-0.4, -0.2) is 80.9 Å². The predicted octanol–water partition coefficient (Wildman–Crippen LogP) is 5.10. The van der Waals surface area contributed by atoms with E-state index in [4.69, 9.17) is 9.72 Å². The summed E-state index contributed by atoms with van der Waals surface area (Å²) in [4.78, 5) is 19.8. The smallest absolute Gasteiger partial charge is 0.220 e. The molecule has 1 saturated carbocycles. The van der Waals surface area contributed by atoms with Crippen molar-refractivity contribution in [3.63, 3.8) is 0 Å². The van der Waals surface area contributed by atoms with Crippen LogP contribution < -0.4 is 16.0 Å². The number of carbonyl (C=O) groups excluding carboxylic acids is 1. The summed E-state index contributed by atoms with van der Waals surface area (Å²) in [5.41, 5.74) is 2.53. The van der Waals surface area contributed by atoms with E-state index in [-0.39, 0.29) is 5.91 Å². The highest BCUT2D eigenvalue weighted by Crippen LogP contribution is 2.27. The molecule has 0 spiro atoms. The molecule has 2 aromatic rings. The summed E-state index contributed by atoms with van der Waals surface area (Å²) in [6.07, 6.45) is 11.4. The largest absolute Gasteiger partial charge is 0.379 e. The molecule has 0 unspecified atom stereocenters. The molecule has 1 aliphatic carbocycles. The van der Waals surface area contributed by atoms with Gasteiger partial charge in [-0.1, -0.05) is 39.2 Å². The molecule has 0 radical (unpaired) electrons. The lowest BCUT2D eigenvalue weighted by Gasteiger charge is -2.31. The zero-order valence-corrected chi connectivity index (χ0v) is 25.8. The van der Waals surface area contributed by atoms with E-state index >= 15 is 0 Å². The fourth-order valence-corrected chi connectivity index (χ4v) is 7.05. The van der Waals surface area contributed by atoms with Crippen LogP contribution in [0.4, 0.5) is 0 Å². The zero-order valence-electron chi connectivity index (χ0n) is 25.0. The molecule has 40 heavy (non-hydrogen) atoms. The molecule has 8 heteroatoms. The van der Waals surface area contributed by atoms with Gasteiger partial charge >= 0.3 is 0 Å². The normalized spacial score (nSPS) is 18.0. The van der Waals surface area contributed by atoms with E-state index in [1.165, 1.54) is 47.4 Å². The second-order valence-electron chi connectivity index (χ2n) is 12.0. The Morgan fingerprint density at radius 2 is 1.88 bits per heavy atom. The second kappa shape index (κ2) is 17.4. The second-order valence-corrected chi connectivity index (χ2v) is 13.1. The molecule has 2 heterocycles. The molecular weight excluding hydrogens is 518 g/mol. The van der Waals surface area contributed by atoms with Gasteiger partial charge in [0.15, 0.2) is 0 Å². The molecule has 3 N–H and O–H groups in total. The lowest BCUT2D eigenvalue weighted by atomic mass is 9.83. The summed E-state index contributed by atoms with van der Waals surface area (Å²) in [6, 6.07) is 7.09. The fourth-order valence-electron chi connectivity index (χ4n) is 5.99. The number of nitrogens with one attached hydrogen (secondary N) is 3. The van der Waals surface area contributed by atoms with Gasteiger partial charge in [-0.25, -0.2) is 4.98 Å². The minimum atomic E-state index is 0.200. The van der Waals surface area contributed by atoms with Gasteiger partial charge in [-0.2, -0.15) is 0 Å². The molecule has 7 nitrogen and oxygen atoms in total. The van der Waals surface area contributed by atoms with Crippen molar-refractivity contribution in [1.29, 1.82) is 0 Å². The van der Waals surface area contributed by atoms with Crippen LogP contribution in [0.2, 0.25) is 0 Å². The maximum absolute atomic E-state index is 12.5. The Labute approximate surface area is 246 Å². The molecule has 224 valence electrons. The number of aryl methyl sites for hydroxylation is 1. The summed E-state index contributed by atoms with van der Waals surface area (Å²) in [5, 5.41) is 11.9. The number of nitrogens with zero attached hydrogens (tertiary/aromatic N) is 2. The minimum Gasteiger partial charge on any atom is -0.379 e. The fraction of sp³-hybridized carbons (Fsp3) is 0.750. The van der Waals surface area contributed by atoms with Crippen LogP contribution >= 0.6 is 11.3 Å². The van der Waals surface area contributed by atoms with E-state index in [1.54, 1.807) is 0 Å². The number of hydrogen-bond acceptors (Lipinski definition) is 7. The van der Waals surface area contributed by atoms with Crippen LogP contribution in [-0.2, 0) is 16.0 Å². The lowest BCUT2D eigenvalue weighted by Crippen LogP contribution is -2.47. The molecule has 0 bridgehead atoms. The number of hydrogen-bond donors (Lipinski definition) is 3. The van der Waals surface area contributed by atoms with Gasteiger partial charge in [0.05, 0.1) is 28.4 Å². The van der Waals surface area contributed by atoms with Crippen molar-refractivity contribution in [1.82, 2.24) is 25.8 Å². The van der Waals surface area contributed by atoms with E-state index in [2.05, 4.69) is 52.9 Å². The van der Waals surface area contributed by atoms with Gasteiger partial charge in [-0.3, -0.25) is 9.69 Å². The van der Waals surface area contributed by atoms with Crippen LogP contribution in [0.25, 0.3) is 10.2 Å². The first kappa shape index (κ1) is 31.4. The first-order valence-electron chi connectivity index (χ1n) is 16.0. The molecule has 1 amide bonds. The molecule has 1 saturated heterocycles. The number of ether oxygens (including phenoxy) is 1. The van der Waals surface area contributed by atoms with Crippen molar-refractivity contribution >= 4 is 27.5 Å². The first-order chi connectivity index (χ1) is 19.6. The van der Waals surface area contributed by atoms with Crippen molar-refractivity contribution in [2.75, 3.05) is 59.0 Å². The average Bonchev–Trinajstić information content (AvgIpc) is 3.39. The minimum absolute atomic E-state index is 0.200. The van der Waals surface area contributed by atoms with Crippen molar-refractivity contribution in [3.8, 4) is 0 Å². The number of aromatic nitrogens is 1. The quantitative estimate of drug-likeness (QED) is 0.229. The van der Waals surface area contributed by atoms with E-state index in [0.717, 1.165) is 90.2 Å². The Morgan fingerprint density at radius 1 is 1.07 bits per heavy atom. The number of rotatable bonds is 17. The monoisotopic (exact) mass is 571 g/mol. The van der Waals surface area contributed by atoms with Crippen molar-refractivity contribution in [3.05, 3.63) is 28.8 Å². The van der Waals surface area contributed by atoms with Crippen LogP contribution in [0.5, 0.6) is 0 Å². The summed E-state index contributed by atoms with van der Waals surface area (Å²) >= 11 is 1.85. The van der Waals surface area contributed by atoms with E-state index in [9.17, 15) is 4.79 Å². The predicted molar refractivity (Wildman–Crippen MR) is 167 cm³/mol. The van der Waals surface area contributed by atoms with Gasteiger partial charge in [-0.15, -0.1) is 11.3 Å². The molecule has 4 rings (SSSR count). The Hall–Kier alpha value is -1.58. The number of amides is 1. The van der Waals surface area contributed by atoms with Gasteiger partial charge in [-0.05, 0) is 87.8 Å². The Bertz CT molecular complexity index is 1000. The highest BCUT2D eigenvalue weighted by atomic mass is 32.1. The van der Waals surface area contributed by atoms with E-state index in [1.807, 2.05) is 11.3 Å². The standard InChI is InChI=1S/C32H53N5O2S/c1-25(2)27-13-14-28-30(23-27)40-32(36-28)12-6-15-33-16-8-17-34-29(26-9-4-3-5-10-26)24-35-31(38)11-7-18-37-19-21-39-22-20-37/h13-14,23,25-26,29,33-34H,3-12,15-22,24H2,1-2H3,(H,35,38)/t29-/m1/s1. The van der Waals surface area contributed by atoms with Crippen LogP contribution in [0.1, 0.15) is 88.1 Å². The van der Waals surface area contributed by atoms with Gasteiger partial charge < -0.3 is 20.7 Å². The molecule has 2 fully saturated rings. The molecule has 1 aliphatic heterocycles. The van der Waals surface area contributed by atoms with Gasteiger partial charge in [0, 0.05) is 38.5 Å². The molecule has 1 aromatic heterocycles. The highest BCUT2D eigenvalue weighted by molar-refractivity contribution is 7.18. The van der Waals surface area contributed by atoms with E-state index < -0.39 is 0 Å². The number of benzene rings is 1. The molecule has 1 atom stereocenters. The highest BCUT2D eigenvalue weighted by Gasteiger charge is 2.23. The zero-order chi connectivity index (χ0) is 28.0. The van der Waals surface area contributed by atoms with Crippen LogP contribution in [0.3, 0.4) is 0 Å². The SMILES string of the molecule is CC(C)c1ccc2nc(CCCNCCCN[C@H](CNC(=O)CCCN3CCOCC3)C3CCCCC3)sc2c1. The maximum atomic E-state index is 12.5. The third-order valence-electron chi connectivity index (χ3n) is 8.52. The Kier molecular flexibility index (Phi) is 13.6. The molecular formula is C32H53N5O2S. The molecule has 1 aromatic carbocycles. The summed E-state index contributed by atoms with van der Waals surface area (Å²) in [5.74, 6) is 1.44. The number of fused-ring (bicyclic) bond motifs is 1. The first-order valence-corrected chi connectivity index (χ1v) is 16.8. The van der Waals surface area contributed by atoms with Crippen molar-refractivity contribution in [2.45, 2.75) is 90.0 Å². The average molecular weight is 572 g/mol. The van der Waals surface area contributed by atoms with Crippen molar-refractivity contribution in [2.24, 2.45) is 5.92 Å². The molecule has 2 aliphatic rings. The van der Waals surface area contributed by atoms with Gasteiger partial charge in [0.2, 0.25) is 5.91 Å². The Morgan fingerprint density at radius 3 is 2.67 bits per heavy atom. The third kappa shape index (κ3) is 10.7. The van der Waals surface area contributed by atoms with Gasteiger partial charge in [0.1, 0.15) is 0 Å².